The average molecular weight is 1770 g/mol. The molecule has 5 aromatic heterocycles. The lowest BCUT2D eigenvalue weighted by molar-refractivity contribution is -0.163. The summed E-state index contributed by atoms with van der Waals surface area (Å²) in [7, 11) is 0. The fourth-order valence-corrected chi connectivity index (χ4v) is 8.72. The van der Waals surface area contributed by atoms with Crippen LogP contribution < -0.4 is 54.6 Å². The number of esters is 3. The molecule has 16 N–H and O–H groups in total. The van der Waals surface area contributed by atoms with E-state index in [1.54, 1.807) is 125 Å². The number of fused-ring (bicyclic) bond motifs is 2. The molecule has 2 saturated heterocycles. The Balaban J connectivity index is 0. The second-order valence-corrected chi connectivity index (χ2v) is 31.5. The van der Waals surface area contributed by atoms with E-state index in [0.717, 1.165) is 10.1 Å². The topological polar surface area (TPSA) is 672 Å². The zero-order valence-electron chi connectivity index (χ0n) is 68.4. The van der Waals surface area contributed by atoms with Gasteiger partial charge in [0.1, 0.15) is 77.1 Å². The third-order valence-electron chi connectivity index (χ3n) is 13.4. The number of nitrogens with zero attached hydrogens (tertiary/aromatic N) is 9. The molecule has 47 nitrogen and oxygen atoms in total. The molecule has 0 saturated carbocycles. The molecule has 1 aromatic carbocycles. The van der Waals surface area contributed by atoms with Crippen molar-refractivity contribution in [3.8, 4) is 0 Å². The Labute approximate surface area is 713 Å². The van der Waals surface area contributed by atoms with E-state index in [2.05, 4.69) is 70.9 Å². The summed E-state index contributed by atoms with van der Waals surface area (Å²) in [6, 6.07) is 4.18. The maximum absolute atomic E-state index is 12.2. The highest BCUT2D eigenvalue weighted by molar-refractivity contribution is 6.33. The number of aromatic nitrogens is 10. The highest BCUT2D eigenvalue weighted by atomic mass is 35.5. The summed E-state index contributed by atoms with van der Waals surface area (Å²) < 4.78 is 47.6. The number of H-pyrrole nitrogens is 1. The van der Waals surface area contributed by atoms with Crippen molar-refractivity contribution in [1.29, 1.82) is 0 Å². The van der Waals surface area contributed by atoms with E-state index in [9.17, 15) is 87.2 Å². The SMILES string of the molecule is C.C.C.C.CC(C)(C)OC(=O)N[C@@H](CO)C(=O)O.CC(C)(C)OC(=O)N[C@@H](Cn1ccc(CC(=O)OCc2ccccc2)nc1=O)C(=O)O.CC(C)(C)OC(=O)N[C@@H](Cn1cnc2c(=O)[nH]c(N)nc21)C(=O)O.CC(C)(C)OC(=O)N[C@@H](Cn1cnc2c(Cl)nc(N)nc21)C(=O)O.CC(C)(C)OC(=O)N[C@H]1COC1=O.CC(C)(C)OC(=O)N[C@H]1COC1=O. The number of carbonyl (C=O) groups is 13. The van der Waals surface area contributed by atoms with Gasteiger partial charge in [0.25, 0.3) is 5.56 Å². The fraction of sp³-hybridized carbons (Fsp3) is 0.560. The number of carbonyl (C=O) groups excluding carboxylic acids is 9. The van der Waals surface area contributed by atoms with Crippen molar-refractivity contribution in [3.63, 3.8) is 0 Å². The largest absolute Gasteiger partial charge is 0.480 e. The number of rotatable bonds is 21. The van der Waals surface area contributed by atoms with Crippen molar-refractivity contribution in [2.75, 3.05) is 31.3 Å². The lowest BCUT2D eigenvalue weighted by Crippen LogP contribution is -2.53. The number of aliphatic hydroxyl groups excluding tert-OH is 1. The van der Waals surface area contributed by atoms with Gasteiger partial charge in [-0.15, -0.1) is 0 Å². The summed E-state index contributed by atoms with van der Waals surface area (Å²) in [5, 5.41) is 58.6. The van der Waals surface area contributed by atoms with E-state index in [-0.39, 0.29) is 121 Å². The van der Waals surface area contributed by atoms with Crippen molar-refractivity contribution in [3.05, 3.63) is 92.5 Å². The molecule has 0 radical (unpaired) electrons. The van der Waals surface area contributed by atoms with Gasteiger partial charge < -0.3 is 121 Å². The Morgan fingerprint density at radius 2 is 0.846 bits per heavy atom. The summed E-state index contributed by atoms with van der Waals surface area (Å²) in [5.41, 5.74) is 7.33. The van der Waals surface area contributed by atoms with E-state index in [1.807, 2.05) is 35.6 Å². The molecule has 0 aliphatic carbocycles. The number of halogens is 1. The number of benzene rings is 1. The van der Waals surface area contributed by atoms with Crippen LogP contribution in [0, 0.1) is 0 Å². The number of aromatic amines is 1. The third-order valence-corrected chi connectivity index (χ3v) is 13.7. The molecule has 0 bridgehead atoms. The van der Waals surface area contributed by atoms with Crippen molar-refractivity contribution >= 4 is 124 Å². The van der Waals surface area contributed by atoms with Crippen molar-refractivity contribution in [1.82, 2.24) is 80.5 Å². The monoisotopic (exact) mass is 1770 g/mol. The number of nitrogens with one attached hydrogen (secondary N) is 7. The van der Waals surface area contributed by atoms with Crippen LogP contribution in [0.4, 0.5) is 40.7 Å². The predicted octanol–water partition coefficient (Wildman–Crippen LogP) is 5.60. The molecular weight excluding hydrogens is 1650 g/mol. The molecule has 2 fully saturated rings. The standard InChI is InChI=1S/C21H25N3O7.C13H17ClN6O4.C13H18N6O5.C8H15NO5.2C8H13NO4.4CH4/c1-21(2,3)31-20(29)23-16(18(26)27)12-24-10-9-15(22-19(24)28)11-17(25)30-13-14-7-5-4-6-8-14;1-13(2,3)24-12(23)17-6(10(21)22)4-20-5-16-7-8(14)18-11(15)19-9(7)20;1-13(2,3)24-12(23)16-6(10(21)22)4-19-5-15-7-8(19)17-11(14)18-9(7)20;1-8(2,3)14-7(13)9-5(4-10)6(11)12;2*1-8(2,3)13-7(11)9-5-4-12-6(5)10;;;;/h4-10,16H,11-13H2,1-3H3,(H,23,29)(H,26,27);5-6H,4H2,1-3H3,(H,17,23)(H,21,22)(H2,15,18,19);5-6H,4H2,1-3H3,(H,16,23)(H,21,22)(H3,14,17,18,20);5,10H,4H2,1-3H3,(H,9,13)(H,11,12);2*5H,4H2,1-3H3,(H,9,11);4*1H4/t16-;2*6-;3*5-;;;;/m000000..../s1. The van der Waals surface area contributed by atoms with E-state index in [0.29, 0.717) is 0 Å². The molecular formula is C75H117ClN18O29. The number of cyclic esters (lactones) is 2. The van der Waals surface area contributed by atoms with E-state index in [1.165, 1.54) is 34.1 Å². The van der Waals surface area contributed by atoms with Gasteiger partial charge in [0, 0.05) is 6.20 Å². The Morgan fingerprint density at radius 1 is 0.496 bits per heavy atom. The van der Waals surface area contributed by atoms with Gasteiger partial charge >= 0.3 is 84.0 Å². The van der Waals surface area contributed by atoms with Gasteiger partial charge in [0.2, 0.25) is 11.9 Å². The number of aliphatic carboxylic acids is 4. The molecule has 123 heavy (non-hydrogen) atoms. The van der Waals surface area contributed by atoms with Gasteiger partial charge in [-0.05, 0) is 136 Å². The predicted molar refractivity (Wildman–Crippen MR) is 441 cm³/mol. The minimum Gasteiger partial charge on any atom is -0.480 e. The number of carboxylic acids is 4. The van der Waals surface area contributed by atoms with Crippen molar-refractivity contribution in [2.24, 2.45) is 0 Å². The molecule has 7 heterocycles. The molecule has 48 heteroatoms. The first-order chi connectivity index (χ1) is 54.7. The number of hydrogen-bond donors (Lipinski definition) is 14. The average Bonchev–Trinajstić information content (AvgIpc) is 1.66. The molecule has 2 aliphatic rings. The summed E-state index contributed by atoms with van der Waals surface area (Å²) in [4.78, 5) is 196. The third kappa shape index (κ3) is 43.5. The number of amides is 6. The van der Waals surface area contributed by atoms with Gasteiger partial charge in [-0.2, -0.15) is 19.9 Å². The van der Waals surface area contributed by atoms with Crippen LogP contribution in [0.5, 0.6) is 0 Å². The summed E-state index contributed by atoms with van der Waals surface area (Å²) in [5.74, 6) is -6.73. The number of carboxylic acid groups (broad SMARTS) is 4. The first kappa shape index (κ1) is 112. The van der Waals surface area contributed by atoms with Crippen LogP contribution in [0.25, 0.3) is 22.3 Å². The van der Waals surface area contributed by atoms with Crippen LogP contribution in [0.15, 0.2) is 64.8 Å². The highest BCUT2D eigenvalue weighted by Crippen LogP contribution is 2.21. The second-order valence-electron chi connectivity index (χ2n) is 31.1. The normalized spacial score (nSPS) is 14.0. The van der Waals surface area contributed by atoms with Crippen molar-refractivity contribution < 1.29 is 130 Å². The Morgan fingerprint density at radius 3 is 1.18 bits per heavy atom. The maximum atomic E-state index is 12.2. The van der Waals surface area contributed by atoms with E-state index < -0.39 is 166 Å². The highest BCUT2D eigenvalue weighted by Gasteiger charge is 2.36. The molecule has 6 atom stereocenters. The number of aliphatic hydroxyl groups is 1. The molecule has 8 rings (SSSR count). The first-order valence-corrected chi connectivity index (χ1v) is 36.0. The van der Waals surface area contributed by atoms with Crippen LogP contribution >= 0.6 is 11.6 Å². The van der Waals surface area contributed by atoms with E-state index >= 15 is 0 Å². The van der Waals surface area contributed by atoms with Crippen LogP contribution in [-0.2, 0) is 109 Å². The second kappa shape index (κ2) is 48.9. The fourth-order valence-electron chi connectivity index (χ4n) is 8.50. The first-order valence-electron chi connectivity index (χ1n) is 35.6. The Bertz CT molecular complexity index is 4640. The number of anilines is 2. The number of nitrogens with two attached hydrogens (primary N) is 2. The maximum Gasteiger partial charge on any atom is 0.408 e. The molecule has 0 spiro atoms. The number of imidazole rings is 2. The minimum atomic E-state index is -1.41. The lowest BCUT2D eigenvalue weighted by Gasteiger charge is -2.27. The van der Waals surface area contributed by atoms with Crippen molar-refractivity contribution in [2.45, 2.75) is 257 Å². The zero-order chi connectivity index (χ0) is 90.6. The van der Waals surface area contributed by atoms with Crippen LogP contribution in [0.2, 0.25) is 5.15 Å². The van der Waals surface area contributed by atoms with Gasteiger partial charge in [0.05, 0.1) is 51.0 Å². The van der Waals surface area contributed by atoms with Crippen LogP contribution in [0.3, 0.4) is 0 Å². The lowest BCUT2D eigenvalue weighted by atomic mass is 10.2. The quantitative estimate of drug-likeness (QED) is 0.0237. The molecule has 2 aliphatic heterocycles. The summed E-state index contributed by atoms with van der Waals surface area (Å²) in [6.07, 6.45) is -0.975. The number of hydrogen-bond acceptors (Lipinski definition) is 33. The summed E-state index contributed by atoms with van der Waals surface area (Å²) in [6.45, 7) is 29.6. The smallest absolute Gasteiger partial charge is 0.408 e. The number of nitrogen functional groups attached to an aromatic ring is 2. The van der Waals surface area contributed by atoms with Gasteiger partial charge in [-0.3, -0.25) is 19.1 Å². The zero-order valence-corrected chi connectivity index (χ0v) is 69.2. The van der Waals surface area contributed by atoms with Gasteiger partial charge in [-0.25, -0.2) is 72.3 Å². The molecule has 688 valence electrons. The minimum absolute atomic E-state index is 0. The summed E-state index contributed by atoms with van der Waals surface area (Å²) >= 11 is 5.92. The molecule has 0 unspecified atom stereocenters. The van der Waals surface area contributed by atoms with E-state index in [4.69, 9.17) is 66.4 Å². The molecule has 6 amide bonds. The van der Waals surface area contributed by atoms with Crippen LogP contribution in [-0.4, -0.2) is 242 Å². The number of ether oxygens (including phenoxy) is 9. The van der Waals surface area contributed by atoms with Crippen LogP contribution in [0.1, 0.15) is 166 Å². The van der Waals surface area contributed by atoms with Gasteiger partial charge in [0.15, 0.2) is 40.1 Å². The number of alkyl carbamates (subject to hydrolysis) is 6. The van der Waals surface area contributed by atoms with Gasteiger partial charge in [-0.1, -0.05) is 71.6 Å². The Hall–Kier alpha value is -13.2. The molecule has 6 aromatic rings. The Kier molecular flexibility index (Phi) is 44.4.